The number of para-hydroxylation sites is 2. The maximum absolute atomic E-state index is 7.00. The van der Waals surface area contributed by atoms with Gasteiger partial charge in [-0.1, -0.05) is 36.4 Å². The molecule has 2 aromatic heterocycles. The Labute approximate surface area is 121 Å². The van der Waals surface area contributed by atoms with E-state index >= 15 is 0 Å². The molecule has 0 saturated heterocycles. The molecule has 0 unspecified atom stereocenters. The van der Waals surface area contributed by atoms with Crippen LogP contribution < -0.4 is 5.32 Å². The molecule has 4 heteroatoms. The Morgan fingerprint density at radius 2 is 1.71 bits per heavy atom. The van der Waals surface area contributed by atoms with Crippen LogP contribution in [-0.2, 0) is 6.67 Å². The molecule has 0 spiro atoms. The topological polar surface area (TPSA) is 50.1 Å². The van der Waals surface area contributed by atoms with Crippen LogP contribution in [0.15, 0.2) is 48.5 Å². The fourth-order valence-corrected chi connectivity index (χ4v) is 3.18. The Morgan fingerprint density at radius 3 is 2.57 bits per heavy atom. The molecule has 0 atom stereocenters. The number of benzene rings is 2. The largest absolute Gasteiger partial charge is 0.400 e. The summed E-state index contributed by atoms with van der Waals surface area (Å²) in [5.74, 6) is 0. The van der Waals surface area contributed by atoms with Crippen molar-refractivity contribution in [2.75, 3.05) is 12.4 Å². The van der Waals surface area contributed by atoms with Gasteiger partial charge >= 0.3 is 0 Å². The molecule has 0 fully saturated rings. The zero-order valence-corrected chi connectivity index (χ0v) is 11.7. The molecule has 0 bridgehead atoms. The first-order chi connectivity index (χ1) is 10.4. The van der Waals surface area contributed by atoms with E-state index in [0.717, 1.165) is 24.8 Å². The molecule has 1 aliphatic rings. The van der Waals surface area contributed by atoms with E-state index in [2.05, 4.69) is 52.3 Å². The number of pyridine rings is 1. The predicted molar refractivity (Wildman–Crippen MR) is 86.5 cm³/mol. The van der Waals surface area contributed by atoms with Crippen molar-refractivity contribution in [2.24, 2.45) is 0 Å². The Morgan fingerprint density at radius 1 is 1.00 bits per heavy atom. The summed E-state index contributed by atoms with van der Waals surface area (Å²) in [5.41, 5.74) is 5.87. The number of hydrogen-bond donors (Lipinski definition) is 2. The lowest BCUT2D eigenvalue weighted by Crippen LogP contribution is -1.98. The Hall–Kier alpha value is -2.59. The van der Waals surface area contributed by atoms with Gasteiger partial charge < -0.3 is 15.0 Å². The second kappa shape index (κ2) is 4.46. The van der Waals surface area contributed by atoms with Gasteiger partial charge in [-0.05, 0) is 12.1 Å². The van der Waals surface area contributed by atoms with Gasteiger partial charge in [0.25, 0.3) is 0 Å². The number of aliphatic hydroxyl groups excluding tert-OH is 1. The monoisotopic (exact) mass is 277 g/mol. The van der Waals surface area contributed by atoms with Crippen LogP contribution in [0.1, 0.15) is 0 Å². The first kappa shape index (κ1) is 12.2. The highest BCUT2D eigenvalue weighted by molar-refractivity contribution is 6.17. The van der Waals surface area contributed by atoms with Crippen LogP contribution in [0.4, 0.5) is 5.69 Å². The molecule has 0 amide bonds. The Kier molecular flexibility index (Phi) is 2.59. The lowest BCUT2D eigenvalue weighted by atomic mass is 10.1. The molecule has 0 aliphatic carbocycles. The van der Waals surface area contributed by atoms with Crippen LogP contribution in [0.25, 0.3) is 32.8 Å². The lowest BCUT2D eigenvalue weighted by molar-refractivity contribution is 0.399. The summed E-state index contributed by atoms with van der Waals surface area (Å²) in [6, 6.07) is 16.8. The summed E-state index contributed by atoms with van der Waals surface area (Å²) < 4.78 is 2.32. The highest BCUT2D eigenvalue weighted by Gasteiger charge is 2.21. The minimum Gasteiger partial charge on any atom is -0.400 e. The van der Waals surface area contributed by atoms with Crippen LogP contribution in [0.3, 0.4) is 0 Å². The van der Waals surface area contributed by atoms with Gasteiger partial charge in [0, 0.05) is 17.9 Å². The molecule has 0 saturated carbocycles. The number of nitrogens with zero attached hydrogens (tertiary/aromatic N) is 2. The van der Waals surface area contributed by atoms with Crippen molar-refractivity contribution < 1.29 is 5.11 Å². The van der Waals surface area contributed by atoms with Gasteiger partial charge in [0.1, 0.15) is 0 Å². The number of rotatable bonds is 0. The minimum absolute atomic E-state index is 0.828. The van der Waals surface area contributed by atoms with E-state index in [9.17, 15) is 0 Å². The van der Waals surface area contributed by atoms with Crippen molar-refractivity contribution in [1.82, 2.24) is 9.55 Å². The highest BCUT2D eigenvalue weighted by Crippen LogP contribution is 2.39. The third-order valence-corrected chi connectivity index (χ3v) is 4.00. The van der Waals surface area contributed by atoms with Gasteiger partial charge in [-0.3, -0.25) is 0 Å². The van der Waals surface area contributed by atoms with Gasteiger partial charge in [0.15, 0.2) is 0 Å². The maximum Gasteiger partial charge on any atom is 0.0989 e. The Bertz CT molecular complexity index is 966. The molecule has 4 aromatic rings. The summed E-state index contributed by atoms with van der Waals surface area (Å²) in [4.78, 5) is 4.87. The van der Waals surface area contributed by atoms with E-state index in [1.807, 2.05) is 6.07 Å². The van der Waals surface area contributed by atoms with Crippen LogP contribution >= 0.6 is 0 Å². The molecule has 21 heavy (non-hydrogen) atoms. The summed E-state index contributed by atoms with van der Waals surface area (Å²) in [6.07, 6.45) is 0. The maximum atomic E-state index is 7.00. The van der Waals surface area contributed by atoms with Crippen molar-refractivity contribution in [3.05, 3.63) is 48.5 Å². The number of aliphatic hydroxyl groups is 1. The van der Waals surface area contributed by atoms with Gasteiger partial charge in [0.2, 0.25) is 0 Å². The normalized spacial score (nSPS) is 12.5. The van der Waals surface area contributed by atoms with Crippen LogP contribution in [-0.4, -0.2) is 21.8 Å². The molecule has 2 aromatic carbocycles. The van der Waals surface area contributed by atoms with Crippen molar-refractivity contribution >= 4 is 38.5 Å². The SMILES string of the molecule is CO.c1ccc2c3c4c(nc2c1)c1ccccc1n4CN3. The quantitative estimate of drug-likeness (QED) is 0.518. The Balaban J connectivity index is 0.000000555. The number of nitrogens with one attached hydrogen (secondary N) is 1. The molecular formula is C17H15N3O. The highest BCUT2D eigenvalue weighted by atomic mass is 16.2. The predicted octanol–water partition coefficient (Wildman–Crippen LogP) is 3.33. The number of fused-ring (bicyclic) bond motifs is 5. The van der Waals surface area contributed by atoms with E-state index in [1.54, 1.807) is 0 Å². The second-order valence-corrected chi connectivity index (χ2v) is 4.98. The first-order valence-electron chi connectivity index (χ1n) is 6.92. The molecule has 104 valence electrons. The van der Waals surface area contributed by atoms with Gasteiger partial charge in [-0.25, -0.2) is 4.98 Å². The molecule has 0 radical (unpaired) electrons. The molecule has 1 aliphatic heterocycles. The fourth-order valence-electron chi connectivity index (χ4n) is 3.18. The summed E-state index contributed by atoms with van der Waals surface area (Å²) in [5, 5.41) is 13.0. The van der Waals surface area contributed by atoms with Crippen molar-refractivity contribution in [1.29, 1.82) is 0 Å². The van der Waals surface area contributed by atoms with E-state index in [-0.39, 0.29) is 0 Å². The van der Waals surface area contributed by atoms with E-state index in [4.69, 9.17) is 10.1 Å². The number of aromatic nitrogens is 2. The van der Waals surface area contributed by atoms with Gasteiger partial charge in [-0.15, -0.1) is 0 Å². The van der Waals surface area contributed by atoms with Crippen molar-refractivity contribution in [3.63, 3.8) is 0 Å². The van der Waals surface area contributed by atoms with Crippen LogP contribution in [0, 0.1) is 0 Å². The van der Waals surface area contributed by atoms with E-state index in [1.165, 1.54) is 27.5 Å². The van der Waals surface area contributed by atoms with Crippen molar-refractivity contribution in [3.8, 4) is 0 Å². The van der Waals surface area contributed by atoms with Gasteiger partial charge in [-0.2, -0.15) is 0 Å². The molecule has 4 nitrogen and oxygen atoms in total. The smallest absolute Gasteiger partial charge is 0.0989 e. The fraction of sp³-hybridized carbons (Fsp3) is 0.118. The number of hydrogen-bond acceptors (Lipinski definition) is 3. The summed E-state index contributed by atoms with van der Waals surface area (Å²) >= 11 is 0. The molecule has 3 heterocycles. The third-order valence-electron chi connectivity index (χ3n) is 4.00. The van der Waals surface area contributed by atoms with E-state index < -0.39 is 0 Å². The molecular weight excluding hydrogens is 262 g/mol. The molecule has 2 N–H and O–H groups in total. The minimum atomic E-state index is 0.828. The zero-order valence-electron chi connectivity index (χ0n) is 11.7. The lowest BCUT2D eigenvalue weighted by Gasteiger charge is -2.04. The average molecular weight is 277 g/mol. The average Bonchev–Trinajstić information content (AvgIpc) is 3.13. The van der Waals surface area contributed by atoms with Crippen LogP contribution in [0.5, 0.6) is 0 Å². The summed E-state index contributed by atoms with van der Waals surface area (Å²) in [7, 11) is 1.00. The first-order valence-corrected chi connectivity index (χ1v) is 6.92. The number of anilines is 1. The van der Waals surface area contributed by atoms with Gasteiger partial charge in [0.05, 0.1) is 34.4 Å². The van der Waals surface area contributed by atoms with Crippen molar-refractivity contribution in [2.45, 2.75) is 6.67 Å². The molecule has 5 rings (SSSR count). The second-order valence-electron chi connectivity index (χ2n) is 4.98. The standard InChI is InChI=1S/C16H11N3.CH4O/c1-3-7-12-10(5-1)14-16-15(18-12)11-6-2-4-8-13(11)19(16)9-17-14;1-2/h1-8,17H,9H2;2H,1H3. The summed E-state index contributed by atoms with van der Waals surface area (Å²) in [6.45, 7) is 0.828. The van der Waals surface area contributed by atoms with E-state index in [0.29, 0.717) is 0 Å². The third kappa shape index (κ3) is 1.51. The zero-order chi connectivity index (χ0) is 14.4. The van der Waals surface area contributed by atoms with Crippen LogP contribution in [0.2, 0.25) is 0 Å².